The van der Waals surface area contributed by atoms with Gasteiger partial charge in [-0.25, -0.2) is 0 Å². The maximum atomic E-state index is 12.0. The molecular weight excluding hydrogens is 221 g/mol. The Morgan fingerprint density at radius 3 is 2.50 bits per heavy atom. The summed E-state index contributed by atoms with van der Waals surface area (Å²) in [5, 5.41) is 11.7. The van der Waals surface area contributed by atoms with Crippen molar-refractivity contribution in [2.45, 2.75) is 32.0 Å². The Hall–Kier alpha value is -0.330. The fraction of sp³-hybridized carbons (Fsp3) is 1.00. The third-order valence-corrected chi connectivity index (χ3v) is 2.23. The van der Waals surface area contributed by atoms with Crippen molar-refractivity contribution in [1.82, 2.24) is 10.2 Å². The predicted molar refractivity (Wildman–Crippen MR) is 57.3 cm³/mol. The van der Waals surface area contributed by atoms with E-state index in [1.807, 2.05) is 6.92 Å². The van der Waals surface area contributed by atoms with Crippen LogP contribution in [-0.4, -0.2) is 55.5 Å². The van der Waals surface area contributed by atoms with E-state index < -0.39 is 12.7 Å². The number of nitrogens with one attached hydrogen (secondary N) is 1. The van der Waals surface area contributed by atoms with E-state index >= 15 is 0 Å². The molecule has 0 rings (SSSR count). The lowest BCUT2D eigenvalue weighted by Gasteiger charge is -2.20. The van der Waals surface area contributed by atoms with Crippen LogP contribution in [0.5, 0.6) is 0 Å². The molecule has 0 aliphatic heterocycles. The van der Waals surface area contributed by atoms with Crippen molar-refractivity contribution < 1.29 is 18.3 Å². The van der Waals surface area contributed by atoms with Gasteiger partial charge in [0.1, 0.15) is 0 Å². The van der Waals surface area contributed by atoms with Gasteiger partial charge in [-0.1, -0.05) is 0 Å². The monoisotopic (exact) mass is 242 g/mol. The molecule has 0 fully saturated rings. The van der Waals surface area contributed by atoms with Crippen LogP contribution < -0.4 is 5.32 Å². The van der Waals surface area contributed by atoms with Crippen LogP contribution >= 0.6 is 0 Å². The Bertz CT molecular complexity index is 176. The van der Waals surface area contributed by atoms with E-state index in [-0.39, 0.29) is 12.6 Å². The SMILES string of the molecule is CC(CCCO)NCCN(C)CC(F)(F)F. The van der Waals surface area contributed by atoms with E-state index in [0.717, 1.165) is 6.42 Å². The number of rotatable bonds is 8. The highest BCUT2D eigenvalue weighted by atomic mass is 19.4. The smallest absolute Gasteiger partial charge is 0.396 e. The van der Waals surface area contributed by atoms with Crippen molar-refractivity contribution in [2.75, 3.05) is 33.3 Å². The molecule has 0 aliphatic carbocycles. The normalized spacial score (nSPS) is 14.4. The van der Waals surface area contributed by atoms with Crippen molar-refractivity contribution in [2.24, 2.45) is 0 Å². The second-order valence-electron chi connectivity index (χ2n) is 4.07. The first-order chi connectivity index (χ1) is 7.35. The van der Waals surface area contributed by atoms with Gasteiger partial charge in [0, 0.05) is 25.7 Å². The Morgan fingerprint density at radius 1 is 1.38 bits per heavy atom. The van der Waals surface area contributed by atoms with Crippen LogP contribution in [0.1, 0.15) is 19.8 Å². The molecule has 0 saturated heterocycles. The van der Waals surface area contributed by atoms with Crippen LogP contribution in [0.15, 0.2) is 0 Å². The summed E-state index contributed by atoms with van der Waals surface area (Å²) < 4.78 is 35.9. The van der Waals surface area contributed by atoms with Gasteiger partial charge in [-0.15, -0.1) is 0 Å². The lowest BCUT2D eigenvalue weighted by molar-refractivity contribution is -0.142. The topological polar surface area (TPSA) is 35.5 Å². The zero-order valence-corrected chi connectivity index (χ0v) is 9.85. The molecular formula is C10H21F3N2O. The molecule has 0 heterocycles. The predicted octanol–water partition coefficient (Wildman–Crippen LogP) is 1.23. The summed E-state index contributed by atoms with van der Waals surface area (Å²) >= 11 is 0. The summed E-state index contributed by atoms with van der Waals surface area (Å²) in [7, 11) is 1.45. The van der Waals surface area contributed by atoms with Crippen LogP contribution in [0.2, 0.25) is 0 Å². The van der Waals surface area contributed by atoms with Gasteiger partial charge in [0.15, 0.2) is 0 Å². The van der Waals surface area contributed by atoms with Crippen LogP contribution in [0, 0.1) is 0 Å². The lowest BCUT2D eigenvalue weighted by Crippen LogP contribution is -2.38. The standard InChI is InChI=1S/C10H21F3N2O/c1-9(4-3-7-16)14-5-6-15(2)8-10(11,12)13/h9,14,16H,3-8H2,1-2H3. The van der Waals surface area contributed by atoms with Gasteiger partial charge in [-0.2, -0.15) is 13.2 Å². The fourth-order valence-electron chi connectivity index (χ4n) is 1.39. The second kappa shape index (κ2) is 7.86. The first-order valence-corrected chi connectivity index (χ1v) is 5.44. The molecule has 1 atom stereocenters. The minimum atomic E-state index is -4.13. The molecule has 0 radical (unpaired) electrons. The summed E-state index contributed by atoms with van der Waals surface area (Å²) in [5.74, 6) is 0. The first-order valence-electron chi connectivity index (χ1n) is 5.44. The van der Waals surface area contributed by atoms with Gasteiger partial charge in [0.05, 0.1) is 6.54 Å². The van der Waals surface area contributed by atoms with E-state index in [1.165, 1.54) is 11.9 Å². The molecule has 0 spiro atoms. The van der Waals surface area contributed by atoms with Crippen LogP contribution in [-0.2, 0) is 0 Å². The highest BCUT2D eigenvalue weighted by Gasteiger charge is 2.28. The number of hydrogen-bond acceptors (Lipinski definition) is 3. The number of likely N-dealkylation sites (N-methyl/N-ethyl adjacent to an activating group) is 1. The summed E-state index contributed by atoms with van der Waals surface area (Å²) in [5.41, 5.74) is 0. The molecule has 0 bridgehead atoms. The van der Waals surface area contributed by atoms with Crippen molar-refractivity contribution >= 4 is 0 Å². The van der Waals surface area contributed by atoms with Crippen molar-refractivity contribution in [3.63, 3.8) is 0 Å². The van der Waals surface area contributed by atoms with Crippen LogP contribution in [0.25, 0.3) is 0 Å². The molecule has 3 nitrogen and oxygen atoms in total. The maximum Gasteiger partial charge on any atom is 0.401 e. The molecule has 0 aromatic heterocycles. The van der Waals surface area contributed by atoms with Crippen molar-refractivity contribution in [3.8, 4) is 0 Å². The van der Waals surface area contributed by atoms with Crippen LogP contribution in [0.3, 0.4) is 0 Å². The van der Waals surface area contributed by atoms with Gasteiger partial charge in [0.25, 0.3) is 0 Å². The van der Waals surface area contributed by atoms with Crippen LogP contribution in [0.4, 0.5) is 13.2 Å². The van der Waals surface area contributed by atoms with E-state index in [2.05, 4.69) is 5.32 Å². The molecule has 2 N–H and O–H groups in total. The Balaban J connectivity index is 3.50. The average molecular weight is 242 g/mol. The second-order valence-corrected chi connectivity index (χ2v) is 4.07. The number of aliphatic hydroxyl groups is 1. The summed E-state index contributed by atoms with van der Waals surface area (Å²) in [6, 6.07) is 0.228. The highest BCUT2D eigenvalue weighted by Crippen LogP contribution is 2.14. The van der Waals surface area contributed by atoms with Gasteiger partial charge < -0.3 is 10.4 Å². The number of alkyl halides is 3. The first kappa shape index (κ1) is 15.7. The summed E-state index contributed by atoms with van der Waals surface area (Å²) in [4.78, 5) is 1.24. The molecule has 0 aromatic carbocycles. The highest BCUT2D eigenvalue weighted by molar-refractivity contribution is 4.64. The molecule has 98 valence electrons. The third kappa shape index (κ3) is 10.2. The fourth-order valence-corrected chi connectivity index (χ4v) is 1.39. The Morgan fingerprint density at radius 2 is 2.00 bits per heavy atom. The molecule has 0 saturated carbocycles. The molecule has 16 heavy (non-hydrogen) atoms. The van der Waals surface area contributed by atoms with Gasteiger partial charge >= 0.3 is 6.18 Å². The minimum Gasteiger partial charge on any atom is -0.396 e. The lowest BCUT2D eigenvalue weighted by atomic mass is 10.2. The Labute approximate surface area is 94.6 Å². The minimum absolute atomic E-state index is 0.153. The van der Waals surface area contributed by atoms with E-state index in [0.29, 0.717) is 19.5 Å². The third-order valence-electron chi connectivity index (χ3n) is 2.23. The number of halogens is 3. The van der Waals surface area contributed by atoms with E-state index in [4.69, 9.17) is 5.11 Å². The number of hydrogen-bond donors (Lipinski definition) is 2. The molecule has 0 amide bonds. The number of nitrogens with zero attached hydrogens (tertiary/aromatic N) is 1. The van der Waals surface area contributed by atoms with Gasteiger partial charge in [-0.3, -0.25) is 4.90 Å². The van der Waals surface area contributed by atoms with Crippen molar-refractivity contribution in [3.05, 3.63) is 0 Å². The largest absolute Gasteiger partial charge is 0.401 e. The summed E-state index contributed by atoms with van der Waals surface area (Å²) in [6.07, 6.45) is -2.58. The van der Waals surface area contributed by atoms with Gasteiger partial charge in [-0.05, 0) is 26.8 Å². The molecule has 0 aliphatic rings. The molecule has 0 aromatic rings. The molecule has 1 unspecified atom stereocenters. The number of aliphatic hydroxyl groups excluding tert-OH is 1. The summed E-state index contributed by atoms with van der Waals surface area (Å²) in [6.45, 7) is 2.13. The average Bonchev–Trinajstić information content (AvgIpc) is 2.11. The zero-order valence-electron chi connectivity index (χ0n) is 9.85. The van der Waals surface area contributed by atoms with Gasteiger partial charge in [0.2, 0.25) is 0 Å². The molecule has 6 heteroatoms. The van der Waals surface area contributed by atoms with E-state index in [1.54, 1.807) is 0 Å². The van der Waals surface area contributed by atoms with Crippen molar-refractivity contribution in [1.29, 1.82) is 0 Å². The van der Waals surface area contributed by atoms with E-state index in [9.17, 15) is 13.2 Å². The Kier molecular flexibility index (Phi) is 7.70. The quantitative estimate of drug-likeness (QED) is 0.672. The maximum absolute atomic E-state index is 12.0. The zero-order chi connectivity index (χ0) is 12.6.